The van der Waals surface area contributed by atoms with Crippen LogP contribution in [0.5, 0.6) is 0 Å². The average Bonchev–Trinajstić information content (AvgIpc) is 2.38. The van der Waals surface area contributed by atoms with Gasteiger partial charge in [-0.3, -0.25) is 0 Å². The molecule has 1 heterocycles. The Morgan fingerprint density at radius 2 is 2.05 bits per heavy atom. The van der Waals surface area contributed by atoms with Gasteiger partial charge in [-0.25, -0.2) is 0 Å². The van der Waals surface area contributed by atoms with Crippen LogP contribution in [0.2, 0.25) is 5.02 Å². The van der Waals surface area contributed by atoms with Gasteiger partial charge in [0.15, 0.2) is 0 Å². The van der Waals surface area contributed by atoms with Crippen molar-refractivity contribution >= 4 is 34.5 Å². The zero-order valence-corrected chi connectivity index (χ0v) is 13.7. The molecule has 0 saturated carbocycles. The maximum absolute atomic E-state index is 6.24. The van der Waals surface area contributed by atoms with Crippen molar-refractivity contribution in [3.8, 4) is 0 Å². The second-order valence-corrected chi connectivity index (χ2v) is 6.57. The molecule has 2 N–H and O–H groups in total. The fraction of sp³-hybridized carbons (Fsp3) is 0.533. The molecule has 3 nitrogen and oxygen atoms in total. The first-order chi connectivity index (χ1) is 9.47. The van der Waals surface area contributed by atoms with Gasteiger partial charge in [-0.05, 0) is 51.1 Å². The highest BCUT2D eigenvalue weighted by Crippen LogP contribution is 2.27. The molecule has 20 heavy (non-hydrogen) atoms. The molecule has 0 atom stereocenters. The highest BCUT2D eigenvalue weighted by molar-refractivity contribution is 7.80. The van der Waals surface area contributed by atoms with Crippen LogP contribution in [-0.4, -0.2) is 43.6 Å². The topological polar surface area (TPSA) is 32.5 Å². The van der Waals surface area contributed by atoms with E-state index in [1.165, 1.54) is 25.1 Å². The molecule has 110 valence electrons. The molecule has 0 aromatic heterocycles. The van der Waals surface area contributed by atoms with E-state index in [1.807, 2.05) is 12.1 Å². The Balaban J connectivity index is 2.00. The number of hydrogen-bond donors (Lipinski definition) is 1. The van der Waals surface area contributed by atoms with E-state index >= 15 is 0 Å². The number of anilines is 1. The zero-order chi connectivity index (χ0) is 14.7. The highest BCUT2D eigenvalue weighted by Gasteiger charge is 2.20. The Hall–Kier alpha value is -0.840. The fourth-order valence-electron chi connectivity index (χ4n) is 2.79. The van der Waals surface area contributed by atoms with Crippen LogP contribution < -0.4 is 10.6 Å². The molecule has 1 fully saturated rings. The molecule has 1 aliphatic heterocycles. The van der Waals surface area contributed by atoms with Crippen molar-refractivity contribution in [2.45, 2.75) is 12.8 Å². The normalized spacial score (nSPS) is 16.7. The minimum atomic E-state index is 0.353. The summed E-state index contributed by atoms with van der Waals surface area (Å²) in [4.78, 5) is 5.02. The van der Waals surface area contributed by atoms with Crippen LogP contribution in [-0.2, 0) is 0 Å². The molecule has 0 amide bonds. The van der Waals surface area contributed by atoms with E-state index in [9.17, 15) is 0 Å². The van der Waals surface area contributed by atoms with Crippen molar-refractivity contribution in [3.05, 3.63) is 28.8 Å². The zero-order valence-electron chi connectivity index (χ0n) is 12.1. The van der Waals surface area contributed by atoms with Crippen molar-refractivity contribution in [2.75, 3.05) is 38.6 Å². The molecule has 1 aliphatic rings. The van der Waals surface area contributed by atoms with E-state index in [0.717, 1.165) is 24.6 Å². The molecule has 1 aromatic rings. The number of benzene rings is 1. The molecule has 5 heteroatoms. The number of thiocarbonyl (C=S) groups is 1. The van der Waals surface area contributed by atoms with Gasteiger partial charge in [0.2, 0.25) is 0 Å². The van der Waals surface area contributed by atoms with Gasteiger partial charge in [0.25, 0.3) is 0 Å². The summed E-state index contributed by atoms with van der Waals surface area (Å²) in [5.74, 6) is 0.799. The quantitative estimate of drug-likeness (QED) is 0.867. The van der Waals surface area contributed by atoms with E-state index in [1.54, 1.807) is 0 Å². The third-order valence-corrected chi connectivity index (χ3v) is 4.35. The first kappa shape index (κ1) is 15.5. The van der Waals surface area contributed by atoms with E-state index in [0.29, 0.717) is 10.0 Å². The predicted octanol–water partition coefficient (Wildman–Crippen LogP) is 2.75. The number of halogens is 1. The van der Waals surface area contributed by atoms with E-state index in [2.05, 4.69) is 30.0 Å². The van der Waals surface area contributed by atoms with Crippen molar-refractivity contribution in [3.63, 3.8) is 0 Å². The number of piperidine rings is 1. The predicted molar refractivity (Wildman–Crippen MR) is 90.8 cm³/mol. The third kappa shape index (κ3) is 3.84. The van der Waals surface area contributed by atoms with Crippen LogP contribution >= 0.6 is 23.8 Å². The van der Waals surface area contributed by atoms with Gasteiger partial charge in [-0.2, -0.15) is 0 Å². The molecule has 0 unspecified atom stereocenters. The lowest BCUT2D eigenvalue weighted by molar-refractivity contribution is 0.285. The molecule has 0 bridgehead atoms. The largest absolute Gasteiger partial charge is 0.389 e. The SMILES string of the molecule is CN(C)CC1CCN(c2ccc(C(N)=S)c(Cl)c2)CC1. The van der Waals surface area contributed by atoms with Crippen LogP contribution in [0.15, 0.2) is 18.2 Å². The second-order valence-electron chi connectivity index (χ2n) is 5.72. The maximum atomic E-state index is 6.24. The van der Waals surface area contributed by atoms with Crippen molar-refractivity contribution in [2.24, 2.45) is 11.7 Å². The molecular weight excluding hydrogens is 290 g/mol. The minimum absolute atomic E-state index is 0.353. The molecule has 1 aromatic carbocycles. The Labute approximate surface area is 131 Å². The van der Waals surface area contributed by atoms with Crippen LogP contribution in [0.4, 0.5) is 5.69 Å². The van der Waals surface area contributed by atoms with E-state index in [-0.39, 0.29) is 0 Å². The van der Waals surface area contributed by atoms with Crippen molar-refractivity contribution < 1.29 is 0 Å². The van der Waals surface area contributed by atoms with Gasteiger partial charge >= 0.3 is 0 Å². The first-order valence-electron chi connectivity index (χ1n) is 6.96. The molecule has 0 aliphatic carbocycles. The van der Waals surface area contributed by atoms with Crippen LogP contribution in [0.1, 0.15) is 18.4 Å². The molecule has 0 radical (unpaired) electrons. The Morgan fingerprint density at radius 3 is 2.55 bits per heavy atom. The lowest BCUT2D eigenvalue weighted by Crippen LogP contribution is -2.37. The summed E-state index contributed by atoms with van der Waals surface area (Å²) >= 11 is 11.2. The standard InChI is InChI=1S/C15H22ClN3S/c1-18(2)10-11-5-7-19(8-6-11)12-3-4-13(15(17)20)14(16)9-12/h3-4,9,11H,5-8,10H2,1-2H3,(H2,17,20). The van der Waals surface area contributed by atoms with Crippen LogP contribution in [0.3, 0.4) is 0 Å². The smallest absolute Gasteiger partial charge is 0.105 e. The summed E-state index contributed by atoms with van der Waals surface area (Å²) < 4.78 is 0. The fourth-order valence-corrected chi connectivity index (χ4v) is 3.30. The van der Waals surface area contributed by atoms with Crippen LogP contribution in [0, 0.1) is 5.92 Å². The van der Waals surface area contributed by atoms with Gasteiger partial charge in [-0.15, -0.1) is 0 Å². The van der Waals surface area contributed by atoms with Gasteiger partial charge in [-0.1, -0.05) is 23.8 Å². The Kier molecular flexibility index (Phi) is 5.24. The summed E-state index contributed by atoms with van der Waals surface area (Å²) in [5, 5.41) is 0.644. The van der Waals surface area contributed by atoms with Gasteiger partial charge in [0.05, 0.1) is 5.02 Å². The summed E-state index contributed by atoms with van der Waals surface area (Å²) in [5.41, 5.74) is 7.56. The van der Waals surface area contributed by atoms with Crippen molar-refractivity contribution in [1.29, 1.82) is 0 Å². The lowest BCUT2D eigenvalue weighted by Gasteiger charge is -2.34. The molecule has 2 rings (SSSR count). The highest BCUT2D eigenvalue weighted by atomic mass is 35.5. The number of nitrogens with two attached hydrogens (primary N) is 1. The number of hydrogen-bond acceptors (Lipinski definition) is 3. The summed E-state index contributed by atoms with van der Waals surface area (Å²) in [6.45, 7) is 3.34. The molecule has 1 saturated heterocycles. The summed E-state index contributed by atoms with van der Waals surface area (Å²) in [6, 6.07) is 5.96. The minimum Gasteiger partial charge on any atom is -0.389 e. The second kappa shape index (κ2) is 6.74. The van der Waals surface area contributed by atoms with Crippen LogP contribution in [0.25, 0.3) is 0 Å². The van der Waals surface area contributed by atoms with Crippen molar-refractivity contribution in [1.82, 2.24) is 4.90 Å². The maximum Gasteiger partial charge on any atom is 0.105 e. The average molecular weight is 312 g/mol. The monoisotopic (exact) mass is 311 g/mol. The molecule has 0 spiro atoms. The first-order valence-corrected chi connectivity index (χ1v) is 7.75. The van der Waals surface area contributed by atoms with Gasteiger partial charge < -0.3 is 15.5 Å². The third-order valence-electron chi connectivity index (χ3n) is 3.82. The van der Waals surface area contributed by atoms with E-state index in [4.69, 9.17) is 29.6 Å². The summed E-state index contributed by atoms with van der Waals surface area (Å²) in [6.07, 6.45) is 2.46. The number of nitrogens with zero attached hydrogens (tertiary/aromatic N) is 2. The van der Waals surface area contributed by atoms with Gasteiger partial charge in [0.1, 0.15) is 4.99 Å². The van der Waals surface area contributed by atoms with E-state index < -0.39 is 0 Å². The Morgan fingerprint density at radius 1 is 1.40 bits per heavy atom. The molecular formula is C15H22ClN3S. The Bertz CT molecular complexity index is 482. The summed E-state index contributed by atoms with van der Waals surface area (Å²) in [7, 11) is 4.28. The number of rotatable bonds is 4. The van der Waals surface area contributed by atoms with Gasteiger partial charge in [0, 0.05) is 30.9 Å². The lowest BCUT2D eigenvalue weighted by atomic mass is 9.96.